The van der Waals surface area contributed by atoms with Crippen molar-refractivity contribution in [3.8, 4) is 0 Å². The predicted octanol–water partition coefficient (Wildman–Crippen LogP) is -1.16. The van der Waals surface area contributed by atoms with Crippen LogP contribution in [0.5, 0.6) is 0 Å². The molecule has 0 aliphatic heterocycles. The topological polar surface area (TPSA) is 131 Å². The van der Waals surface area contributed by atoms with Gasteiger partial charge >= 0.3 is 0 Å². The lowest BCUT2D eigenvalue weighted by molar-refractivity contribution is -0.261. The molecule has 0 aromatic heterocycles. The molecular formula is C10H20NO8S2-. The van der Waals surface area contributed by atoms with Crippen LogP contribution in [0.4, 0.5) is 0 Å². The Morgan fingerprint density at radius 2 is 1.43 bits per heavy atom. The van der Waals surface area contributed by atoms with Crippen molar-refractivity contribution >= 4 is 26.3 Å². The van der Waals surface area contributed by atoms with Gasteiger partial charge in [-0.05, 0) is 0 Å². The maximum atomic E-state index is 11.5. The Labute approximate surface area is 125 Å². The molecule has 0 radical (unpaired) electrons. The number of aliphatic imine (C=N–C) groups is 1. The van der Waals surface area contributed by atoms with Crippen LogP contribution in [0.15, 0.2) is 4.99 Å². The van der Waals surface area contributed by atoms with Crippen molar-refractivity contribution in [1.29, 1.82) is 0 Å². The lowest BCUT2D eigenvalue weighted by atomic mass is 10.2. The average Bonchev–Trinajstić information content (AvgIpc) is 2.16. The minimum absolute atomic E-state index is 0.534. The van der Waals surface area contributed by atoms with Gasteiger partial charge in [-0.3, -0.25) is 13.4 Å². The van der Waals surface area contributed by atoms with E-state index in [4.69, 9.17) is 4.74 Å². The van der Waals surface area contributed by atoms with E-state index in [9.17, 15) is 21.9 Å². The molecule has 0 amide bonds. The van der Waals surface area contributed by atoms with E-state index in [1.54, 1.807) is 20.8 Å². The highest BCUT2D eigenvalue weighted by Crippen LogP contribution is 2.07. The Bertz CT molecular complexity index is 522. The molecule has 0 saturated carbocycles. The third kappa shape index (κ3) is 13.8. The van der Waals surface area contributed by atoms with E-state index in [0.29, 0.717) is 0 Å². The van der Waals surface area contributed by atoms with Gasteiger partial charge in [-0.2, -0.15) is 16.8 Å². The summed E-state index contributed by atoms with van der Waals surface area (Å²) >= 11 is 0. The molecule has 0 atom stereocenters. The van der Waals surface area contributed by atoms with E-state index in [-0.39, 0.29) is 0 Å². The molecule has 0 bridgehead atoms. The molecule has 0 N–H and O–H groups in total. The number of ether oxygens (including phenoxy) is 1. The van der Waals surface area contributed by atoms with Crippen molar-refractivity contribution in [2.75, 3.05) is 25.7 Å². The quantitative estimate of drug-likeness (QED) is 0.320. The summed E-state index contributed by atoms with van der Waals surface area (Å²) in [6.07, 6.45) is 0.658. The van der Waals surface area contributed by atoms with Crippen LogP contribution < -0.4 is 5.11 Å². The average molecular weight is 346 g/mol. The number of hydrogen-bond acceptors (Lipinski definition) is 9. The van der Waals surface area contributed by atoms with Crippen molar-refractivity contribution < 1.29 is 35.0 Å². The van der Waals surface area contributed by atoms with Gasteiger partial charge in [0.25, 0.3) is 20.2 Å². The van der Waals surface area contributed by atoms with Crippen LogP contribution in [0.25, 0.3) is 0 Å². The monoisotopic (exact) mass is 346 g/mol. The summed E-state index contributed by atoms with van der Waals surface area (Å²) in [5.74, 6) is 0. The van der Waals surface area contributed by atoms with E-state index in [1.165, 1.54) is 0 Å². The zero-order valence-corrected chi connectivity index (χ0v) is 14.2. The largest absolute Gasteiger partial charge is 0.595 e. The van der Waals surface area contributed by atoms with Crippen molar-refractivity contribution in [1.82, 2.24) is 0 Å². The Balaban J connectivity index is 4.90. The van der Waals surface area contributed by atoms with Crippen LogP contribution in [0.2, 0.25) is 0 Å². The molecular weight excluding hydrogens is 326 g/mol. The number of rotatable bonds is 7. The van der Waals surface area contributed by atoms with Crippen molar-refractivity contribution in [2.45, 2.75) is 32.4 Å². The second-order valence-electron chi connectivity index (χ2n) is 5.24. The zero-order chi connectivity index (χ0) is 16.9. The van der Waals surface area contributed by atoms with Gasteiger partial charge < -0.3 is 9.84 Å². The van der Waals surface area contributed by atoms with Gasteiger partial charge in [-0.25, -0.2) is 0 Å². The maximum Gasteiger partial charge on any atom is 0.264 e. The first-order valence-electron chi connectivity index (χ1n) is 5.80. The van der Waals surface area contributed by atoms with Crippen LogP contribution in [-0.4, -0.2) is 60.3 Å². The zero-order valence-electron chi connectivity index (χ0n) is 12.5. The Morgan fingerprint density at radius 3 is 1.71 bits per heavy atom. The molecule has 0 aromatic carbocycles. The minimum atomic E-state index is -3.76. The smallest absolute Gasteiger partial charge is 0.264 e. The van der Waals surface area contributed by atoms with Crippen LogP contribution in [0.1, 0.15) is 20.8 Å². The van der Waals surface area contributed by atoms with E-state index in [0.717, 1.165) is 12.5 Å². The fourth-order valence-corrected chi connectivity index (χ4v) is 1.77. The Morgan fingerprint density at radius 1 is 1.05 bits per heavy atom. The summed E-state index contributed by atoms with van der Waals surface area (Å²) in [6, 6.07) is -1.13. The second kappa shape index (κ2) is 7.38. The van der Waals surface area contributed by atoms with Gasteiger partial charge in [-0.15, -0.1) is 0 Å². The third-order valence-electron chi connectivity index (χ3n) is 1.63. The molecule has 0 rings (SSSR count). The first-order chi connectivity index (χ1) is 9.18. The highest BCUT2D eigenvalue weighted by atomic mass is 32.2. The van der Waals surface area contributed by atoms with E-state index >= 15 is 0 Å². The summed E-state index contributed by atoms with van der Waals surface area (Å²) in [5.41, 5.74) is -0.791. The Hall–Kier alpha value is -0.910. The minimum Gasteiger partial charge on any atom is -0.595 e. The van der Waals surface area contributed by atoms with Crippen LogP contribution in [-0.2, 0) is 33.3 Å². The third-order valence-corrected chi connectivity index (χ3v) is 2.76. The molecule has 9 nitrogen and oxygen atoms in total. The maximum absolute atomic E-state index is 11.5. The van der Waals surface area contributed by atoms with Gasteiger partial charge in [0.2, 0.25) is 0 Å². The molecule has 0 spiro atoms. The normalized spacial score (nSPS) is 14.5. The summed E-state index contributed by atoms with van der Waals surface area (Å²) < 4.78 is 57.5. The summed E-state index contributed by atoms with van der Waals surface area (Å²) in [4.78, 5) is 3.53. The first-order valence-corrected chi connectivity index (χ1v) is 9.44. The van der Waals surface area contributed by atoms with Crippen LogP contribution >= 0.6 is 0 Å². The molecule has 0 saturated heterocycles. The lowest BCUT2D eigenvalue weighted by Crippen LogP contribution is -2.35. The van der Waals surface area contributed by atoms with Gasteiger partial charge in [-0.1, -0.05) is 20.8 Å². The fourth-order valence-electron chi connectivity index (χ4n) is 0.964. The summed E-state index contributed by atoms with van der Waals surface area (Å²) in [5, 5.41) is 11.5. The highest BCUT2D eigenvalue weighted by molar-refractivity contribution is 7.86. The second-order valence-corrected chi connectivity index (χ2v) is 8.53. The molecule has 0 aliphatic carbocycles. The Kier molecular flexibility index (Phi) is 7.06. The van der Waals surface area contributed by atoms with Gasteiger partial charge in [0.1, 0.15) is 12.1 Å². The predicted molar refractivity (Wildman–Crippen MR) is 73.7 cm³/mol. The van der Waals surface area contributed by atoms with Gasteiger partial charge in [0.15, 0.2) is 0 Å². The molecule has 0 aromatic rings. The first kappa shape index (κ1) is 20.1. The van der Waals surface area contributed by atoms with Gasteiger partial charge in [0.05, 0.1) is 25.7 Å². The highest BCUT2D eigenvalue weighted by Gasteiger charge is 2.16. The van der Waals surface area contributed by atoms with Crippen molar-refractivity contribution in [3.05, 3.63) is 0 Å². The molecule has 0 heterocycles. The lowest BCUT2D eigenvalue weighted by Gasteiger charge is -2.30. The van der Waals surface area contributed by atoms with Crippen molar-refractivity contribution in [3.63, 3.8) is 0 Å². The molecule has 11 heteroatoms. The fraction of sp³-hybridized carbons (Fsp3) is 0.900. The SMILES string of the molecule is CC(C)(C)OC([O-])=NC(COS(C)(=O)=O)COS(C)(=O)=O. The standard InChI is InChI=1S/C10H21NO8S2/c1-10(2,3)19-9(12)11-8(6-17-20(4,13)14)7-18-21(5,15)16/h8H,6-7H2,1-5H3,(H,11,12)/p-1. The molecule has 0 unspecified atom stereocenters. The molecule has 126 valence electrons. The summed E-state index contributed by atoms with van der Waals surface area (Å²) in [6.45, 7) is 3.79. The van der Waals surface area contributed by atoms with E-state index in [1.807, 2.05) is 0 Å². The van der Waals surface area contributed by atoms with Gasteiger partial charge in [0, 0.05) is 5.60 Å². The molecule has 0 aliphatic rings. The van der Waals surface area contributed by atoms with Crippen LogP contribution in [0, 0.1) is 0 Å². The van der Waals surface area contributed by atoms with Crippen molar-refractivity contribution in [2.24, 2.45) is 4.99 Å². The number of hydrogen-bond donors (Lipinski definition) is 0. The van der Waals surface area contributed by atoms with E-state index in [2.05, 4.69) is 13.4 Å². The summed E-state index contributed by atoms with van der Waals surface area (Å²) in [7, 11) is -7.52. The molecule has 21 heavy (non-hydrogen) atoms. The molecule has 0 fully saturated rings. The van der Waals surface area contributed by atoms with E-state index < -0.39 is 51.2 Å². The van der Waals surface area contributed by atoms with Crippen LogP contribution in [0.3, 0.4) is 0 Å². The number of nitrogens with zero attached hydrogens (tertiary/aromatic N) is 1.